The van der Waals surface area contributed by atoms with Crippen LogP contribution < -0.4 is 10.1 Å². The van der Waals surface area contributed by atoms with E-state index in [1.807, 2.05) is 0 Å². The maximum absolute atomic E-state index is 12.0. The highest BCUT2D eigenvalue weighted by atomic mass is 35.5. The number of benzene rings is 1. The van der Waals surface area contributed by atoms with Crippen LogP contribution in [0.25, 0.3) is 0 Å². The average Bonchev–Trinajstić information content (AvgIpc) is 3.08. The summed E-state index contributed by atoms with van der Waals surface area (Å²) >= 11 is 13.1. The number of halogens is 2. The molecule has 26 heavy (non-hydrogen) atoms. The van der Waals surface area contributed by atoms with Crippen LogP contribution in [0, 0.1) is 0 Å². The highest BCUT2D eigenvalue weighted by molar-refractivity contribution is 7.99. The first kappa shape index (κ1) is 19.3. The van der Waals surface area contributed by atoms with Crippen molar-refractivity contribution in [2.75, 3.05) is 5.75 Å². The van der Waals surface area contributed by atoms with Gasteiger partial charge in [0.2, 0.25) is 5.91 Å². The molecule has 1 heterocycles. The predicted molar refractivity (Wildman–Crippen MR) is 101 cm³/mol. The van der Waals surface area contributed by atoms with Crippen LogP contribution in [-0.2, 0) is 11.4 Å². The fraction of sp³-hybridized carbons (Fsp3) is 0.471. The zero-order valence-corrected chi connectivity index (χ0v) is 16.4. The number of aromatic nitrogens is 2. The van der Waals surface area contributed by atoms with Gasteiger partial charge < -0.3 is 14.5 Å². The Kier molecular flexibility index (Phi) is 7.05. The molecule has 0 unspecified atom stereocenters. The van der Waals surface area contributed by atoms with Crippen molar-refractivity contribution in [3.8, 4) is 5.75 Å². The molecule has 1 aliphatic rings. The van der Waals surface area contributed by atoms with Gasteiger partial charge in [-0.1, -0.05) is 54.2 Å². The molecule has 0 aliphatic heterocycles. The van der Waals surface area contributed by atoms with E-state index < -0.39 is 0 Å². The molecule has 0 bridgehead atoms. The van der Waals surface area contributed by atoms with Crippen molar-refractivity contribution in [3.63, 3.8) is 0 Å². The fourth-order valence-corrected chi connectivity index (χ4v) is 3.78. The summed E-state index contributed by atoms with van der Waals surface area (Å²) in [5, 5.41) is 12.2. The molecule has 1 amide bonds. The predicted octanol–water partition coefficient (Wildman–Crippen LogP) is 4.50. The summed E-state index contributed by atoms with van der Waals surface area (Å²) in [6.07, 6.45) is 5.75. The largest absolute Gasteiger partial charge is 0.482 e. The van der Waals surface area contributed by atoms with Gasteiger partial charge in [-0.3, -0.25) is 4.79 Å². The van der Waals surface area contributed by atoms with Gasteiger partial charge in [-0.05, 0) is 31.0 Å². The molecular formula is C17H19Cl2N3O3S. The Balaban J connectivity index is 1.43. The molecule has 1 aromatic heterocycles. The second kappa shape index (κ2) is 9.48. The molecular weight excluding hydrogens is 397 g/mol. The lowest BCUT2D eigenvalue weighted by Gasteiger charge is -2.22. The molecule has 1 N–H and O–H groups in total. The van der Waals surface area contributed by atoms with Crippen LogP contribution in [0.5, 0.6) is 5.75 Å². The van der Waals surface area contributed by atoms with Gasteiger partial charge >= 0.3 is 0 Å². The Morgan fingerprint density at radius 2 is 2.08 bits per heavy atom. The van der Waals surface area contributed by atoms with Crippen molar-refractivity contribution >= 4 is 40.9 Å². The van der Waals surface area contributed by atoms with E-state index in [1.54, 1.807) is 18.2 Å². The maximum Gasteiger partial charge on any atom is 0.277 e. The second-order valence-corrected chi connectivity index (χ2v) is 7.79. The van der Waals surface area contributed by atoms with Gasteiger partial charge in [-0.25, -0.2) is 0 Å². The van der Waals surface area contributed by atoms with E-state index in [0.29, 0.717) is 33.0 Å². The number of nitrogens with one attached hydrogen (secondary N) is 1. The zero-order chi connectivity index (χ0) is 18.4. The summed E-state index contributed by atoms with van der Waals surface area (Å²) < 4.78 is 11.0. The Bertz CT molecular complexity index is 751. The lowest BCUT2D eigenvalue weighted by atomic mass is 9.95. The Morgan fingerprint density at radius 3 is 2.85 bits per heavy atom. The minimum absolute atomic E-state index is 0.00848. The van der Waals surface area contributed by atoms with Gasteiger partial charge in [0.15, 0.2) is 6.61 Å². The maximum atomic E-state index is 12.0. The summed E-state index contributed by atoms with van der Waals surface area (Å²) in [6, 6.07) is 5.25. The third-order valence-electron chi connectivity index (χ3n) is 3.99. The molecule has 9 heteroatoms. The van der Waals surface area contributed by atoms with E-state index in [4.69, 9.17) is 32.4 Å². The van der Waals surface area contributed by atoms with Crippen molar-refractivity contribution in [1.82, 2.24) is 15.5 Å². The SMILES string of the molecule is O=C(CSc1nnc(COc2ccc(Cl)cc2Cl)o1)NC1CCCCC1. The summed E-state index contributed by atoms with van der Waals surface area (Å²) in [4.78, 5) is 12.0. The molecule has 0 saturated heterocycles. The van der Waals surface area contributed by atoms with E-state index in [0.717, 1.165) is 12.8 Å². The molecule has 0 radical (unpaired) electrons. The quantitative estimate of drug-likeness (QED) is 0.670. The van der Waals surface area contributed by atoms with Crippen LogP contribution in [0.1, 0.15) is 38.0 Å². The van der Waals surface area contributed by atoms with Gasteiger partial charge in [-0.15, -0.1) is 10.2 Å². The molecule has 2 aromatic rings. The molecule has 3 rings (SSSR count). The smallest absolute Gasteiger partial charge is 0.277 e. The zero-order valence-electron chi connectivity index (χ0n) is 14.0. The standard InChI is InChI=1S/C17H19Cl2N3O3S/c18-11-6-7-14(13(19)8-11)24-9-16-21-22-17(25-16)26-10-15(23)20-12-4-2-1-3-5-12/h6-8,12H,1-5,9-10H2,(H,20,23). The van der Waals surface area contributed by atoms with E-state index >= 15 is 0 Å². The van der Waals surface area contributed by atoms with Crippen LogP contribution in [-0.4, -0.2) is 27.9 Å². The number of nitrogens with zero attached hydrogens (tertiary/aromatic N) is 2. The summed E-state index contributed by atoms with van der Waals surface area (Å²) in [6.45, 7) is 0.0865. The van der Waals surface area contributed by atoms with Crippen LogP contribution in [0.2, 0.25) is 10.0 Å². The van der Waals surface area contributed by atoms with Crippen LogP contribution >= 0.6 is 35.0 Å². The highest BCUT2D eigenvalue weighted by Crippen LogP contribution is 2.28. The first-order valence-corrected chi connectivity index (χ1v) is 10.2. The third kappa shape index (κ3) is 5.79. The summed E-state index contributed by atoms with van der Waals surface area (Å²) in [5.41, 5.74) is 0. The number of amides is 1. The first-order chi connectivity index (χ1) is 12.6. The van der Waals surface area contributed by atoms with Crippen molar-refractivity contribution in [2.24, 2.45) is 0 Å². The van der Waals surface area contributed by atoms with Gasteiger partial charge in [-0.2, -0.15) is 0 Å². The van der Waals surface area contributed by atoms with Crippen molar-refractivity contribution in [2.45, 2.75) is 50.0 Å². The van der Waals surface area contributed by atoms with E-state index in [9.17, 15) is 4.79 Å². The molecule has 1 aromatic carbocycles. The number of hydrogen-bond acceptors (Lipinski definition) is 6. The van der Waals surface area contributed by atoms with Gasteiger partial charge in [0, 0.05) is 11.1 Å². The van der Waals surface area contributed by atoms with Gasteiger partial charge in [0.25, 0.3) is 11.1 Å². The number of thioether (sulfide) groups is 1. The fourth-order valence-electron chi connectivity index (χ4n) is 2.73. The average molecular weight is 416 g/mol. The lowest BCUT2D eigenvalue weighted by Crippen LogP contribution is -2.37. The molecule has 0 spiro atoms. The second-order valence-electron chi connectivity index (χ2n) is 6.02. The van der Waals surface area contributed by atoms with Gasteiger partial charge in [0.1, 0.15) is 5.75 Å². The minimum Gasteiger partial charge on any atom is -0.482 e. The Labute approximate surface area is 166 Å². The van der Waals surface area contributed by atoms with Gasteiger partial charge in [0.05, 0.1) is 10.8 Å². The lowest BCUT2D eigenvalue weighted by molar-refractivity contribution is -0.119. The highest BCUT2D eigenvalue weighted by Gasteiger charge is 2.17. The van der Waals surface area contributed by atoms with Crippen LogP contribution in [0.3, 0.4) is 0 Å². The minimum atomic E-state index is -0.00848. The summed E-state index contributed by atoms with van der Waals surface area (Å²) in [5.74, 6) is 1.04. The monoisotopic (exact) mass is 415 g/mol. The molecule has 1 saturated carbocycles. The summed E-state index contributed by atoms with van der Waals surface area (Å²) in [7, 11) is 0. The van der Waals surface area contributed by atoms with Crippen molar-refractivity contribution in [3.05, 3.63) is 34.1 Å². The number of carbonyl (C=O) groups is 1. The number of ether oxygens (including phenoxy) is 1. The number of rotatable bonds is 7. The van der Waals surface area contributed by atoms with Crippen molar-refractivity contribution in [1.29, 1.82) is 0 Å². The number of hydrogen-bond donors (Lipinski definition) is 1. The van der Waals surface area contributed by atoms with Crippen molar-refractivity contribution < 1.29 is 13.9 Å². The van der Waals surface area contributed by atoms with Crippen LogP contribution in [0.15, 0.2) is 27.8 Å². The molecule has 6 nitrogen and oxygen atoms in total. The van der Waals surface area contributed by atoms with Crippen LogP contribution in [0.4, 0.5) is 0 Å². The molecule has 0 atom stereocenters. The molecule has 140 valence electrons. The molecule has 1 fully saturated rings. The third-order valence-corrected chi connectivity index (χ3v) is 5.34. The van der Waals surface area contributed by atoms with E-state index in [-0.39, 0.29) is 18.3 Å². The first-order valence-electron chi connectivity index (χ1n) is 8.42. The van der Waals surface area contributed by atoms with E-state index in [1.165, 1.54) is 31.0 Å². The number of carbonyl (C=O) groups excluding carboxylic acids is 1. The topological polar surface area (TPSA) is 77.2 Å². The Hall–Kier alpha value is -1.44. The normalized spacial score (nSPS) is 15.0. The van der Waals surface area contributed by atoms with E-state index in [2.05, 4.69) is 15.5 Å². The molecule has 1 aliphatic carbocycles. The Morgan fingerprint density at radius 1 is 1.27 bits per heavy atom.